The van der Waals surface area contributed by atoms with E-state index in [1.807, 2.05) is 29.4 Å². The minimum absolute atomic E-state index is 0.615. The summed E-state index contributed by atoms with van der Waals surface area (Å²) in [6, 6.07) is 2.13. The van der Waals surface area contributed by atoms with Gasteiger partial charge >= 0.3 is 0 Å². The Morgan fingerprint density at radius 3 is 2.90 bits per heavy atom. The lowest BCUT2D eigenvalue weighted by molar-refractivity contribution is 0.313. The first-order valence-corrected chi connectivity index (χ1v) is 9.27. The molecule has 0 spiro atoms. The van der Waals surface area contributed by atoms with Crippen LogP contribution in [0.3, 0.4) is 0 Å². The van der Waals surface area contributed by atoms with Gasteiger partial charge in [0.25, 0.3) is 0 Å². The highest BCUT2D eigenvalue weighted by Gasteiger charge is 2.15. The molecule has 0 unspecified atom stereocenters. The van der Waals surface area contributed by atoms with Crippen LogP contribution in [0.25, 0.3) is 16.6 Å². The number of halogens is 1. The third-order valence-corrected chi connectivity index (χ3v) is 4.64. The lowest BCUT2D eigenvalue weighted by Gasteiger charge is -2.08. The Kier molecular flexibility index (Phi) is 4.93. The summed E-state index contributed by atoms with van der Waals surface area (Å²) in [4.78, 5) is 4.51. The minimum atomic E-state index is 0.615. The predicted molar refractivity (Wildman–Crippen MR) is 95.8 cm³/mol. The fourth-order valence-electron chi connectivity index (χ4n) is 2.01. The first kappa shape index (κ1) is 15.2. The van der Waals surface area contributed by atoms with Gasteiger partial charge in [0.05, 0.1) is 7.11 Å². The summed E-state index contributed by atoms with van der Waals surface area (Å²) in [5.41, 5.74) is 4.02. The fourth-order valence-corrected chi connectivity index (χ4v) is 3.27. The monoisotopic (exact) mass is 398 g/mol. The van der Waals surface area contributed by atoms with Crippen LogP contribution in [0.1, 0.15) is 11.1 Å². The number of ether oxygens (including phenoxy) is 1. The summed E-state index contributed by atoms with van der Waals surface area (Å²) in [6.07, 6.45) is 7.57. The molecule has 5 heteroatoms. The number of rotatable bonds is 5. The zero-order chi connectivity index (χ0) is 14.7. The number of hydrogen-bond acceptors (Lipinski definition) is 3. The number of hydrogen-bond donors (Lipinski definition) is 0. The Morgan fingerprint density at radius 2 is 2.30 bits per heavy atom. The van der Waals surface area contributed by atoms with Crippen LogP contribution >= 0.6 is 30.3 Å². The van der Waals surface area contributed by atoms with Gasteiger partial charge < -0.3 is 4.74 Å². The van der Waals surface area contributed by atoms with Crippen molar-refractivity contribution in [1.29, 1.82) is 0 Å². The maximum atomic E-state index is 5.29. The third kappa shape index (κ3) is 2.78. The summed E-state index contributed by atoms with van der Waals surface area (Å²) < 4.78 is 7.32. The van der Waals surface area contributed by atoms with E-state index in [0.717, 1.165) is 27.7 Å². The highest BCUT2D eigenvalue weighted by Crippen LogP contribution is 2.34. The quantitative estimate of drug-likeness (QED) is 0.407. The first-order chi connectivity index (χ1) is 9.62. The van der Waals surface area contributed by atoms with Gasteiger partial charge in [-0.15, -0.1) is 0 Å². The number of allylic oxidation sites excluding steroid dienone is 3. The van der Waals surface area contributed by atoms with Gasteiger partial charge in [0, 0.05) is 59.2 Å². The largest absolute Gasteiger partial charge is 0.497 e. The minimum Gasteiger partial charge on any atom is -0.497 e. The molecular formula is C15H15IN2OS. The first-order valence-electron chi connectivity index (χ1n) is 5.95. The van der Waals surface area contributed by atoms with Crippen LogP contribution in [-0.4, -0.2) is 16.1 Å². The standard InChI is InChI=1S/C15H15IN2OS/c1-5-6-12(11(3)19-4)14-9-18(20-16)15-13(14)7-10(2)8-17-15/h5-9H,1,3H2,2,4H3/b12-6+. The Bertz CT molecular complexity index is 703. The topological polar surface area (TPSA) is 27.1 Å². The van der Waals surface area contributed by atoms with Crippen molar-refractivity contribution < 1.29 is 4.74 Å². The molecule has 0 aliphatic rings. The molecule has 2 aromatic heterocycles. The number of fused-ring (bicyclic) bond motifs is 1. The van der Waals surface area contributed by atoms with Crippen LogP contribution in [0.2, 0.25) is 0 Å². The maximum Gasteiger partial charge on any atom is 0.151 e. The average Bonchev–Trinajstić information content (AvgIpc) is 2.81. The summed E-state index contributed by atoms with van der Waals surface area (Å²) in [5.74, 6) is 0.615. The third-order valence-electron chi connectivity index (χ3n) is 2.94. The summed E-state index contributed by atoms with van der Waals surface area (Å²) in [5, 5.41) is 1.08. The molecule has 0 amide bonds. The molecule has 0 aromatic carbocycles. The molecule has 0 aliphatic heterocycles. The van der Waals surface area contributed by atoms with Crippen LogP contribution in [-0.2, 0) is 4.74 Å². The zero-order valence-corrected chi connectivity index (χ0v) is 14.4. The molecule has 0 saturated heterocycles. The van der Waals surface area contributed by atoms with Crippen molar-refractivity contribution in [2.75, 3.05) is 7.11 Å². The molecule has 3 nitrogen and oxygen atoms in total. The van der Waals surface area contributed by atoms with Crippen molar-refractivity contribution in [3.63, 3.8) is 0 Å². The molecule has 2 heterocycles. The Morgan fingerprint density at radius 1 is 1.55 bits per heavy atom. The van der Waals surface area contributed by atoms with E-state index in [4.69, 9.17) is 4.74 Å². The molecule has 0 N–H and O–H groups in total. The van der Waals surface area contributed by atoms with E-state index in [9.17, 15) is 0 Å². The van der Waals surface area contributed by atoms with Crippen molar-refractivity contribution in [2.45, 2.75) is 6.92 Å². The Hall–Kier alpha value is -1.21. The second kappa shape index (κ2) is 6.49. The number of pyridine rings is 1. The Balaban J connectivity index is 2.75. The van der Waals surface area contributed by atoms with E-state index in [1.165, 1.54) is 0 Å². The van der Waals surface area contributed by atoms with E-state index < -0.39 is 0 Å². The smallest absolute Gasteiger partial charge is 0.151 e. The highest BCUT2D eigenvalue weighted by molar-refractivity contribution is 14.2. The van der Waals surface area contributed by atoms with Gasteiger partial charge in [-0.05, 0) is 18.6 Å². The molecular weight excluding hydrogens is 383 g/mol. The number of aromatic nitrogens is 2. The summed E-state index contributed by atoms with van der Waals surface area (Å²) >= 11 is 2.24. The van der Waals surface area contributed by atoms with Crippen molar-refractivity contribution in [1.82, 2.24) is 8.96 Å². The van der Waals surface area contributed by atoms with Crippen LogP contribution in [0.15, 0.2) is 49.5 Å². The van der Waals surface area contributed by atoms with Gasteiger partial charge in [-0.1, -0.05) is 25.3 Å². The Labute approximate surface area is 135 Å². The average molecular weight is 398 g/mol. The van der Waals surface area contributed by atoms with Crippen molar-refractivity contribution in [3.05, 3.63) is 60.7 Å². The van der Waals surface area contributed by atoms with Gasteiger partial charge in [0.15, 0.2) is 5.65 Å². The normalized spacial score (nSPS) is 11.7. The highest BCUT2D eigenvalue weighted by atomic mass is 127. The number of aryl methyl sites for hydroxylation is 1. The second-order valence-electron chi connectivity index (χ2n) is 4.26. The molecule has 0 bridgehead atoms. The van der Waals surface area contributed by atoms with Crippen molar-refractivity contribution in [2.24, 2.45) is 0 Å². The molecule has 0 aliphatic carbocycles. The lowest BCUT2D eigenvalue weighted by Crippen LogP contribution is -1.90. The van der Waals surface area contributed by atoms with Gasteiger partial charge in [-0.25, -0.2) is 4.98 Å². The summed E-state index contributed by atoms with van der Waals surface area (Å²) in [7, 11) is 3.20. The van der Waals surface area contributed by atoms with E-state index in [0.29, 0.717) is 5.76 Å². The van der Waals surface area contributed by atoms with Crippen LogP contribution in [0, 0.1) is 6.92 Å². The molecule has 0 fully saturated rings. The summed E-state index contributed by atoms with van der Waals surface area (Å²) in [6.45, 7) is 9.76. The van der Waals surface area contributed by atoms with E-state index in [-0.39, 0.29) is 0 Å². The zero-order valence-electron chi connectivity index (χ0n) is 11.4. The fraction of sp³-hybridized carbons (Fsp3) is 0.133. The number of methoxy groups -OCH3 is 1. The predicted octanol–water partition coefficient (Wildman–Crippen LogP) is 4.92. The maximum absolute atomic E-state index is 5.29. The van der Waals surface area contributed by atoms with Gasteiger partial charge in [0.2, 0.25) is 0 Å². The lowest BCUT2D eigenvalue weighted by atomic mass is 10.0. The van der Waals surface area contributed by atoms with Crippen LogP contribution in [0.5, 0.6) is 0 Å². The van der Waals surface area contributed by atoms with Gasteiger partial charge in [-0.2, -0.15) is 0 Å². The van der Waals surface area contributed by atoms with Crippen molar-refractivity contribution in [3.8, 4) is 0 Å². The van der Waals surface area contributed by atoms with Crippen molar-refractivity contribution >= 4 is 46.9 Å². The van der Waals surface area contributed by atoms with Crippen LogP contribution < -0.4 is 0 Å². The molecule has 0 atom stereocenters. The molecule has 104 valence electrons. The molecule has 20 heavy (non-hydrogen) atoms. The van der Waals surface area contributed by atoms with E-state index >= 15 is 0 Å². The molecule has 2 aromatic rings. The number of nitrogens with zero attached hydrogens (tertiary/aromatic N) is 2. The molecule has 0 saturated carbocycles. The second-order valence-corrected chi connectivity index (χ2v) is 5.98. The van der Waals surface area contributed by atoms with Gasteiger partial charge in [-0.3, -0.25) is 3.97 Å². The van der Waals surface area contributed by atoms with Gasteiger partial charge in [0.1, 0.15) is 5.76 Å². The van der Waals surface area contributed by atoms with Crippen LogP contribution in [0.4, 0.5) is 0 Å². The molecule has 2 rings (SSSR count). The van der Waals surface area contributed by atoms with E-state index in [2.05, 4.69) is 45.4 Å². The SMILES string of the molecule is C=C/C=C(\C(=C)OC)c1cn(SI)c2ncc(C)cc12. The van der Waals surface area contributed by atoms with E-state index in [1.54, 1.807) is 22.3 Å². The molecule has 0 radical (unpaired) electrons.